The Morgan fingerprint density at radius 1 is 1.67 bits per heavy atom. The number of nitrogens with zero attached hydrogens (tertiary/aromatic N) is 2. The maximum atomic E-state index is 10.7. The van der Waals surface area contributed by atoms with E-state index in [2.05, 4.69) is 4.98 Å². The van der Waals surface area contributed by atoms with Gasteiger partial charge in [0, 0.05) is 17.8 Å². The van der Waals surface area contributed by atoms with Crippen LogP contribution < -0.4 is 5.73 Å². The van der Waals surface area contributed by atoms with E-state index in [1.54, 1.807) is 12.3 Å². The molecule has 15 heavy (non-hydrogen) atoms. The smallest absolute Gasteiger partial charge is 0.290 e. The van der Waals surface area contributed by atoms with E-state index in [0.717, 1.165) is 12.8 Å². The molecule has 2 rings (SSSR count). The summed E-state index contributed by atoms with van der Waals surface area (Å²) in [4.78, 5) is 14.1. The molecule has 1 aliphatic rings. The lowest BCUT2D eigenvalue weighted by molar-refractivity contribution is -0.385. The minimum absolute atomic E-state index is 0.0473. The summed E-state index contributed by atoms with van der Waals surface area (Å²) in [5.74, 6) is 0.553. The number of nitro groups is 1. The third kappa shape index (κ3) is 2.30. The maximum Gasteiger partial charge on any atom is 0.290 e. The molecule has 0 bridgehead atoms. The minimum Gasteiger partial charge on any atom is -0.327 e. The number of rotatable bonds is 4. The summed E-state index contributed by atoms with van der Waals surface area (Å²) in [5, 5.41) is 10.7. The fourth-order valence-corrected chi connectivity index (χ4v) is 1.70. The van der Waals surface area contributed by atoms with E-state index in [0.29, 0.717) is 17.9 Å². The summed E-state index contributed by atoms with van der Waals surface area (Å²) in [6.07, 6.45) is 5.74. The van der Waals surface area contributed by atoms with Crippen LogP contribution in [0.25, 0.3) is 0 Å². The van der Waals surface area contributed by atoms with Crippen molar-refractivity contribution in [2.45, 2.75) is 25.3 Å². The molecule has 2 N–H and O–H groups in total. The van der Waals surface area contributed by atoms with Crippen LogP contribution in [-0.2, 0) is 6.42 Å². The van der Waals surface area contributed by atoms with Crippen LogP contribution in [0.2, 0.25) is 0 Å². The summed E-state index contributed by atoms with van der Waals surface area (Å²) < 4.78 is 0. The van der Waals surface area contributed by atoms with E-state index in [1.165, 1.54) is 6.20 Å². The Morgan fingerprint density at radius 3 is 3.00 bits per heavy atom. The SMILES string of the molecule is NC(Cc1ccncc1[N+](=O)[O-])C1CC1. The molecular weight excluding hydrogens is 194 g/mol. The normalized spacial score (nSPS) is 17.4. The second-order valence-corrected chi connectivity index (χ2v) is 3.97. The molecule has 1 unspecified atom stereocenters. The molecule has 1 atom stereocenters. The summed E-state index contributed by atoms with van der Waals surface area (Å²) >= 11 is 0. The van der Waals surface area contributed by atoms with E-state index in [1.807, 2.05) is 0 Å². The van der Waals surface area contributed by atoms with Crippen LogP contribution in [0.5, 0.6) is 0 Å². The lowest BCUT2D eigenvalue weighted by Crippen LogP contribution is -2.25. The largest absolute Gasteiger partial charge is 0.327 e. The second kappa shape index (κ2) is 3.94. The quantitative estimate of drug-likeness (QED) is 0.595. The summed E-state index contributed by atoms with van der Waals surface area (Å²) in [6.45, 7) is 0. The van der Waals surface area contributed by atoms with Gasteiger partial charge in [0.1, 0.15) is 6.20 Å². The van der Waals surface area contributed by atoms with Gasteiger partial charge >= 0.3 is 0 Å². The molecule has 0 saturated heterocycles. The third-order valence-electron chi connectivity index (χ3n) is 2.77. The Balaban J connectivity index is 2.15. The van der Waals surface area contributed by atoms with Crippen molar-refractivity contribution in [1.82, 2.24) is 4.98 Å². The number of hydrogen-bond acceptors (Lipinski definition) is 4. The molecule has 1 aromatic heterocycles. The zero-order valence-corrected chi connectivity index (χ0v) is 8.30. The molecule has 5 heteroatoms. The van der Waals surface area contributed by atoms with Crippen LogP contribution in [0.1, 0.15) is 18.4 Å². The Bertz CT molecular complexity index is 377. The molecular formula is C10H13N3O2. The third-order valence-corrected chi connectivity index (χ3v) is 2.77. The first-order chi connectivity index (χ1) is 7.18. The highest BCUT2D eigenvalue weighted by molar-refractivity contribution is 5.37. The lowest BCUT2D eigenvalue weighted by Gasteiger charge is -2.09. The predicted octanol–water partition coefficient (Wildman–Crippen LogP) is 1.27. The first kappa shape index (κ1) is 10.0. The van der Waals surface area contributed by atoms with E-state index in [9.17, 15) is 10.1 Å². The fourth-order valence-electron chi connectivity index (χ4n) is 1.70. The van der Waals surface area contributed by atoms with Crippen molar-refractivity contribution in [2.75, 3.05) is 0 Å². The van der Waals surface area contributed by atoms with Crippen molar-refractivity contribution in [3.05, 3.63) is 34.1 Å². The molecule has 0 radical (unpaired) electrons. The molecule has 1 fully saturated rings. The topological polar surface area (TPSA) is 82.0 Å². The number of nitrogens with two attached hydrogens (primary N) is 1. The Kier molecular flexibility index (Phi) is 2.64. The molecule has 1 aliphatic carbocycles. The van der Waals surface area contributed by atoms with Crippen molar-refractivity contribution in [1.29, 1.82) is 0 Å². The van der Waals surface area contributed by atoms with E-state index < -0.39 is 4.92 Å². The predicted molar refractivity (Wildman–Crippen MR) is 55.3 cm³/mol. The maximum absolute atomic E-state index is 10.7. The van der Waals surface area contributed by atoms with E-state index in [4.69, 9.17) is 5.73 Å². The molecule has 0 aromatic carbocycles. The van der Waals surface area contributed by atoms with Crippen LogP contribution in [0, 0.1) is 16.0 Å². The van der Waals surface area contributed by atoms with Gasteiger partial charge in [-0.1, -0.05) is 0 Å². The molecule has 80 valence electrons. The average molecular weight is 207 g/mol. The molecule has 0 aliphatic heterocycles. The molecule has 1 saturated carbocycles. The van der Waals surface area contributed by atoms with Gasteiger partial charge in [-0.3, -0.25) is 15.1 Å². The monoisotopic (exact) mass is 207 g/mol. The summed E-state index contributed by atoms with van der Waals surface area (Å²) in [7, 11) is 0. The van der Waals surface area contributed by atoms with Crippen molar-refractivity contribution in [3.8, 4) is 0 Å². The fraction of sp³-hybridized carbons (Fsp3) is 0.500. The van der Waals surface area contributed by atoms with Gasteiger partial charge in [-0.25, -0.2) is 0 Å². The molecule has 0 spiro atoms. The van der Waals surface area contributed by atoms with Gasteiger partial charge in [-0.05, 0) is 31.2 Å². The minimum atomic E-state index is -0.401. The molecule has 5 nitrogen and oxygen atoms in total. The van der Waals surface area contributed by atoms with Gasteiger partial charge in [0.05, 0.1) is 4.92 Å². The van der Waals surface area contributed by atoms with E-state index >= 15 is 0 Å². The van der Waals surface area contributed by atoms with Gasteiger partial charge < -0.3 is 5.73 Å². The van der Waals surface area contributed by atoms with Crippen molar-refractivity contribution >= 4 is 5.69 Å². The van der Waals surface area contributed by atoms with Crippen LogP contribution in [-0.4, -0.2) is 15.9 Å². The number of pyridine rings is 1. The van der Waals surface area contributed by atoms with Crippen LogP contribution in [0.3, 0.4) is 0 Å². The van der Waals surface area contributed by atoms with Crippen LogP contribution in [0.15, 0.2) is 18.5 Å². The Morgan fingerprint density at radius 2 is 2.40 bits per heavy atom. The number of aromatic nitrogens is 1. The standard InChI is InChI=1S/C10H13N3O2/c11-9(7-1-2-7)5-8-3-4-12-6-10(8)13(14)15/h3-4,6-7,9H,1-2,5,11H2. The average Bonchev–Trinajstić information content (AvgIpc) is 3.01. The Hall–Kier alpha value is -1.49. The van der Waals surface area contributed by atoms with Gasteiger partial charge in [0.25, 0.3) is 5.69 Å². The zero-order chi connectivity index (χ0) is 10.8. The second-order valence-electron chi connectivity index (χ2n) is 3.97. The van der Waals surface area contributed by atoms with Crippen LogP contribution >= 0.6 is 0 Å². The van der Waals surface area contributed by atoms with Gasteiger partial charge in [0.2, 0.25) is 0 Å². The van der Waals surface area contributed by atoms with Gasteiger partial charge in [-0.2, -0.15) is 0 Å². The zero-order valence-electron chi connectivity index (χ0n) is 8.30. The van der Waals surface area contributed by atoms with E-state index in [-0.39, 0.29) is 11.7 Å². The highest BCUT2D eigenvalue weighted by Gasteiger charge is 2.29. The lowest BCUT2D eigenvalue weighted by atomic mass is 10.0. The summed E-state index contributed by atoms with van der Waals surface area (Å²) in [5.41, 5.74) is 6.70. The molecule has 1 aromatic rings. The molecule has 1 heterocycles. The number of hydrogen-bond donors (Lipinski definition) is 1. The Labute approximate surface area is 87.5 Å². The van der Waals surface area contributed by atoms with Crippen molar-refractivity contribution < 1.29 is 4.92 Å². The summed E-state index contributed by atoms with van der Waals surface area (Å²) in [6, 6.07) is 1.73. The highest BCUT2D eigenvalue weighted by atomic mass is 16.6. The van der Waals surface area contributed by atoms with Crippen molar-refractivity contribution in [2.24, 2.45) is 11.7 Å². The van der Waals surface area contributed by atoms with Crippen LogP contribution in [0.4, 0.5) is 5.69 Å². The first-order valence-electron chi connectivity index (χ1n) is 5.01. The van der Waals surface area contributed by atoms with Gasteiger partial charge in [0.15, 0.2) is 0 Å². The highest BCUT2D eigenvalue weighted by Crippen LogP contribution is 2.33. The van der Waals surface area contributed by atoms with Crippen molar-refractivity contribution in [3.63, 3.8) is 0 Å². The molecule has 0 amide bonds. The van der Waals surface area contributed by atoms with Gasteiger partial charge in [-0.15, -0.1) is 0 Å². The first-order valence-corrected chi connectivity index (χ1v) is 5.01.